The van der Waals surface area contributed by atoms with E-state index in [1.165, 1.54) is 11.4 Å². The number of thiazole rings is 1. The molecule has 22 heavy (non-hydrogen) atoms. The maximum Gasteiger partial charge on any atom is 0.309 e. The number of hydrogen-bond acceptors (Lipinski definition) is 6. The van der Waals surface area contributed by atoms with Gasteiger partial charge in [-0.15, -0.1) is 11.3 Å². The minimum absolute atomic E-state index is 0.176. The van der Waals surface area contributed by atoms with E-state index in [4.69, 9.17) is 0 Å². The first-order valence-corrected chi connectivity index (χ1v) is 9.68. The number of nitrogens with zero attached hydrogens (tertiary/aromatic N) is 2. The van der Waals surface area contributed by atoms with Crippen LogP contribution in [0.4, 0.5) is 0 Å². The van der Waals surface area contributed by atoms with Crippen molar-refractivity contribution < 1.29 is 17.9 Å². The van der Waals surface area contributed by atoms with Gasteiger partial charge in [-0.25, -0.2) is 13.4 Å². The first kappa shape index (κ1) is 17.4. The van der Waals surface area contributed by atoms with E-state index in [2.05, 4.69) is 9.72 Å². The molecule has 0 bridgehead atoms. The van der Waals surface area contributed by atoms with Crippen LogP contribution in [0.3, 0.4) is 0 Å². The molecule has 0 saturated heterocycles. The van der Waals surface area contributed by atoms with Gasteiger partial charge in [-0.05, 0) is 26.2 Å². The van der Waals surface area contributed by atoms with Gasteiger partial charge in [0.05, 0.1) is 35.5 Å². The van der Waals surface area contributed by atoms with Gasteiger partial charge in [0.1, 0.15) is 0 Å². The summed E-state index contributed by atoms with van der Waals surface area (Å²) in [6.45, 7) is 3.51. The summed E-state index contributed by atoms with van der Waals surface area (Å²) in [7, 11) is -0.678. The first-order valence-electron chi connectivity index (χ1n) is 7.26. The molecule has 2 rings (SSSR count). The molecule has 1 aromatic rings. The number of fused-ring (bicyclic) bond motifs is 1. The third-order valence-electron chi connectivity index (χ3n) is 3.97. The lowest BCUT2D eigenvalue weighted by Gasteiger charge is -2.30. The number of aromatic nitrogens is 1. The van der Waals surface area contributed by atoms with Crippen LogP contribution in [-0.2, 0) is 26.0 Å². The van der Waals surface area contributed by atoms with Crippen molar-refractivity contribution in [1.82, 2.24) is 9.29 Å². The van der Waals surface area contributed by atoms with Gasteiger partial charge in [-0.2, -0.15) is 4.31 Å². The van der Waals surface area contributed by atoms with E-state index in [9.17, 15) is 13.2 Å². The highest BCUT2D eigenvalue weighted by molar-refractivity contribution is 7.89. The summed E-state index contributed by atoms with van der Waals surface area (Å²) in [6, 6.07) is -0.176. The number of carbonyl (C=O) groups is 1. The topological polar surface area (TPSA) is 76.6 Å². The highest BCUT2D eigenvalue weighted by Crippen LogP contribution is 2.38. The highest BCUT2D eigenvalue weighted by Gasteiger charge is 2.35. The smallest absolute Gasteiger partial charge is 0.309 e. The lowest BCUT2D eigenvalue weighted by atomic mass is 9.98. The Morgan fingerprint density at radius 1 is 1.55 bits per heavy atom. The number of esters is 1. The van der Waals surface area contributed by atoms with Crippen LogP contribution >= 0.6 is 11.3 Å². The van der Waals surface area contributed by atoms with Crippen molar-refractivity contribution in [2.24, 2.45) is 5.92 Å². The fourth-order valence-electron chi connectivity index (χ4n) is 2.76. The molecule has 0 N–H and O–H groups in total. The van der Waals surface area contributed by atoms with Gasteiger partial charge in [0.25, 0.3) is 0 Å². The summed E-state index contributed by atoms with van der Waals surface area (Å²) < 4.78 is 31.2. The number of methoxy groups -OCH3 is 1. The van der Waals surface area contributed by atoms with E-state index < -0.39 is 21.9 Å². The number of aryl methyl sites for hydroxylation is 2. The Balaban J connectivity index is 2.20. The standard InChI is InChI=1S/C14H22N2O4S2/c1-9(14(17)20-4)8-22(18,19)16(3)12-7-5-6-11-13(12)21-10(2)15-11/h9,12H,5-8H2,1-4H3/t9-,12-/m0/s1. The van der Waals surface area contributed by atoms with Crippen molar-refractivity contribution in [3.63, 3.8) is 0 Å². The zero-order valence-electron chi connectivity index (χ0n) is 13.3. The van der Waals surface area contributed by atoms with Crippen LogP contribution in [0.25, 0.3) is 0 Å². The van der Waals surface area contributed by atoms with Gasteiger partial charge in [0, 0.05) is 11.9 Å². The Morgan fingerprint density at radius 3 is 2.86 bits per heavy atom. The van der Waals surface area contributed by atoms with Crippen LogP contribution < -0.4 is 0 Å². The van der Waals surface area contributed by atoms with Crippen molar-refractivity contribution in [2.45, 2.75) is 39.2 Å². The van der Waals surface area contributed by atoms with Gasteiger partial charge < -0.3 is 4.74 Å². The zero-order valence-corrected chi connectivity index (χ0v) is 15.0. The lowest BCUT2D eigenvalue weighted by molar-refractivity contribution is -0.144. The molecule has 0 spiro atoms. The summed E-state index contributed by atoms with van der Waals surface area (Å²) in [5.74, 6) is -1.42. The highest BCUT2D eigenvalue weighted by atomic mass is 32.2. The molecule has 0 fully saturated rings. The molecule has 0 aliphatic heterocycles. The Labute approximate surface area is 135 Å². The maximum atomic E-state index is 12.6. The van der Waals surface area contributed by atoms with E-state index in [1.54, 1.807) is 25.3 Å². The van der Waals surface area contributed by atoms with E-state index >= 15 is 0 Å². The second-order valence-corrected chi connectivity index (χ2v) is 8.98. The van der Waals surface area contributed by atoms with Crippen LogP contribution in [0.1, 0.15) is 41.4 Å². The van der Waals surface area contributed by atoms with Crippen LogP contribution in [0.5, 0.6) is 0 Å². The average Bonchev–Trinajstić information content (AvgIpc) is 2.84. The Kier molecular flexibility index (Phi) is 5.24. The van der Waals surface area contributed by atoms with E-state index in [1.807, 2.05) is 6.92 Å². The van der Waals surface area contributed by atoms with E-state index in [-0.39, 0.29) is 11.8 Å². The molecule has 0 radical (unpaired) electrons. The van der Waals surface area contributed by atoms with Gasteiger partial charge in [0.15, 0.2) is 0 Å². The largest absolute Gasteiger partial charge is 0.469 e. The Hall–Kier alpha value is -0.990. The number of ether oxygens (including phenoxy) is 1. The first-order chi connectivity index (χ1) is 10.3. The van der Waals surface area contributed by atoms with Crippen molar-refractivity contribution in [3.8, 4) is 0 Å². The molecule has 0 unspecified atom stereocenters. The number of carbonyl (C=O) groups excluding carboxylic acids is 1. The van der Waals surface area contributed by atoms with Gasteiger partial charge in [-0.3, -0.25) is 4.79 Å². The minimum atomic E-state index is -3.54. The fourth-order valence-corrected chi connectivity index (χ4v) is 5.58. The molecular formula is C14H22N2O4S2. The third-order valence-corrected chi connectivity index (χ3v) is 7.14. The third kappa shape index (κ3) is 3.49. The predicted molar refractivity (Wildman–Crippen MR) is 85.3 cm³/mol. The van der Waals surface area contributed by atoms with Crippen LogP contribution in [0, 0.1) is 12.8 Å². The zero-order chi connectivity index (χ0) is 16.5. The monoisotopic (exact) mass is 346 g/mol. The minimum Gasteiger partial charge on any atom is -0.469 e. The van der Waals surface area contributed by atoms with Crippen molar-refractivity contribution >= 4 is 27.3 Å². The lowest BCUT2D eigenvalue weighted by Crippen LogP contribution is -2.37. The van der Waals surface area contributed by atoms with Crippen molar-refractivity contribution in [3.05, 3.63) is 15.6 Å². The predicted octanol–water partition coefficient (Wildman–Crippen LogP) is 1.90. The average molecular weight is 346 g/mol. The molecule has 124 valence electrons. The van der Waals surface area contributed by atoms with Gasteiger partial charge in [-0.1, -0.05) is 6.92 Å². The normalized spacial score (nSPS) is 19.8. The molecule has 1 aliphatic rings. The number of hydrogen-bond donors (Lipinski definition) is 0. The molecule has 6 nitrogen and oxygen atoms in total. The SMILES string of the molecule is COC(=O)[C@@H](C)CS(=O)(=O)N(C)[C@H]1CCCc2nc(C)sc21. The molecule has 2 atom stereocenters. The Bertz CT molecular complexity index is 654. The van der Waals surface area contributed by atoms with Crippen LogP contribution in [-0.4, -0.2) is 43.6 Å². The molecule has 0 aromatic carbocycles. The summed E-state index contributed by atoms with van der Waals surface area (Å²) in [4.78, 5) is 17.0. The second kappa shape index (κ2) is 6.64. The molecule has 1 aliphatic carbocycles. The molecule has 0 saturated carbocycles. The van der Waals surface area contributed by atoms with Gasteiger partial charge >= 0.3 is 5.97 Å². The summed E-state index contributed by atoms with van der Waals surface area (Å²) in [6.07, 6.45) is 2.62. The molecule has 8 heteroatoms. The summed E-state index contributed by atoms with van der Waals surface area (Å²) in [5, 5.41) is 0.964. The fraction of sp³-hybridized carbons (Fsp3) is 0.714. The Morgan fingerprint density at radius 2 is 2.23 bits per heavy atom. The molecule has 1 heterocycles. The summed E-state index contributed by atoms with van der Waals surface area (Å²) in [5.41, 5.74) is 1.02. The van der Waals surface area contributed by atoms with Crippen LogP contribution in [0.15, 0.2) is 0 Å². The number of sulfonamides is 1. The van der Waals surface area contributed by atoms with Gasteiger partial charge in [0.2, 0.25) is 10.0 Å². The van der Waals surface area contributed by atoms with Crippen LogP contribution in [0.2, 0.25) is 0 Å². The molecule has 1 aromatic heterocycles. The number of rotatable bonds is 5. The van der Waals surface area contributed by atoms with Crippen molar-refractivity contribution in [1.29, 1.82) is 0 Å². The van der Waals surface area contributed by atoms with E-state index in [0.717, 1.165) is 34.8 Å². The molecule has 0 amide bonds. The van der Waals surface area contributed by atoms with E-state index in [0.29, 0.717) is 0 Å². The maximum absolute atomic E-state index is 12.6. The second-order valence-electron chi connectivity index (χ2n) is 5.67. The van der Waals surface area contributed by atoms with Crippen molar-refractivity contribution in [2.75, 3.05) is 19.9 Å². The summed E-state index contributed by atoms with van der Waals surface area (Å²) >= 11 is 1.56. The quantitative estimate of drug-likeness (QED) is 0.761. The molecular weight excluding hydrogens is 324 g/mol.